The Kier molecular flexibility index (Phi) is 865. The predicted molar refractivity (Wildman–Crippen MR) is 34.4 cm³/mol. The van der Waals surface area contributed by atoms with Gasteiger partial charge in [-0.15, -0.1) is 0 Å². The molecule has 0 fully saturated rings. The Labute approximate surface area is 93.7 Å². The minimum atomic E-state index is 0. The van der Waals surface area contributed by atoms with Gasteiger partial charge in [-0.25, -0.2) is 0 Å². The molecule has 0 aromatic heterocycles. The van der Waals surface area contributed by atoms with Crippen molar-refractivity contribution in [2.75, 3.05) is 0 Å². The molecule has 4 nitrogen and oxygen atoms in total. The van der Waals surface area contributed by atoms with E-state index in [1.165, 1.54) is 0 Å². The van der Waals surface area contributed by atoms with E-state index in [-0.39, 0.29) is 50.5 Å². The van der Waals surface area contributed by atoms with Gasteiger partial charge in [-0.3, -0.25) is 0 Å². The van der Waals surface area contributed by atoms with Crippen LogP contribution in [-0.2, 0) is 7.08 Å². The molecule has 8 heavy (non-hydrogen) atoms. The van der Waals surface area contributed by atoms with Gasteiger partial charge in [0.25, 0.3) is 0 Å². The Morgan fingerprint density at radius 3 is 0.750 bits per heavy atom. The van der Waals surface area contributed by atoms with Gasteiger partial charge < -0.3 is 11.0 Å². The van der Waals surface area contributed by atoms with E-state index in [0.29, 0.717) is 37.1 Å². The van der Waals surface area contributed by atoms with Crippen LogP contribution in [0.2, 0.25) is 0 Å². The molecule has 42 valence electrons. The van der Waals surface area contributed by atoms with Crippen molar-refractivity contribution >= 4 is 76.7 Å². The van der Waals surface area contributed by atoms with Gasteiger partial charge in [0, 0.05) is 19.8 Å². The van der Waals surface area contributed by atoms with Crippen molar-refractivity contribution < 1.29 is 18.0 Å². The van der Waals surface area contributed by atoms with Crippen LogP contribution < -0.4 is 0 Å². The molecule has 0 aliphatic carbocycles. The SMILES string of the molecule is O.O.[GaH2].[Ga].[O]=[Ga].[O]=[Ga]. The van der Waals surface area contributed by atoms with Crippen LogP contribution in [0.3, 0.4) is 0 Å². The first-order valence-electron chi connectivity index (χ1n) is 0.471. The second-order valence-corrected chi connectivity index (χ2v) is 0. The molecule has 0 heterocycles. The zero-order valence-electron chi connectivity index (χ0n) is 4.55. The van der Waals surface area contributed by atoms with Crippen molar-refractivity contribution in [3.05, 3.63) is 0 Å². The van der Waals surface area contributed by atoms with Crippen LogP contribution in [0.15, 0.2) is 0 Å². The van der Waals surface area contributed by atoms with Crippen LogP contribution in [0, 0.1) is 0 Å². The number of hydrogen-bond donors (Lipinski definition) is 0. The Balaban J connectivity index is -0.00000000167. The summed E-state index contributed by atoms with van der Waals surface area (Å²) >= 11 is 0.875. The maximum absolute atomic E-state index is 8.31. The standard InChI is InChI=1S/4Ga.2H2O.2O.2H/h;;;;2*1H2;;;;. The third-order valence-corrected chi connectivity index (χ3v) is 0. The van der Waals surface area contributed by atoms with E-state index in [1.807, 2.05) is 0 Å². The van der Waals surface area contributed by atoms with E-state index in [1.54, 1.807) is 0 Å². The quantitative estimate of drug-likeness (QED) is 0.418. The molecule has 0 atom stereocenters. The molecule has 0 spiro atoms. The molecule has 4 N–H and O–H groups in total. The molecular formula is H6Ga4O4. The van der Waals surface area contributed by atoms with Crippen LogP contribution in [0.25, 0.3) is 0 Å². The van der Waals surface area contributed by atoms with Gasteiger partial charge in [-0.2, -0.15) is 0 Å². The van der Waals surface area contributed by atoms with E-state index in [2.05, 4.69) is 0 Å². The van der Waals surface area contributed by atoms with E-state index >= 15 is 0 Å². The number of rotatable bonds is 0. The van der Waals surface area contributed by atoms with Crippen molar-refractivity contribution in [3.63, 3.8) is 0 Å². The zero-order valence-corrected chi connectivity index (χ0v) is 16.0. The van der Waals surface area contributed by atoms with Crippen LogP contribution >= 0.6 is 0 Å². The molecule has 8 heteroatoms. The molecule has 0 amide bonds. The molecule has 0 aliphatic rings. The molecule has 0 aromatic carbocycles. The van der Waals surface area contributed by atoms with Crippen molar-refractivity contribution in [1.29, 1.82) is 0 Å². The van der Waals surface area contributed by atoms with Gasteiger partial charge in [-0.05, 0) is 0 Å². The van der Waals surface area contributed by atoms with E-state index in [9.17, 15) is 0 Å². The van der Waals surface area contributed by atoms with E-state index < -0.39 is 0 Å². The molecule has 0 aromatic rings. The average Bonchev–Trinajstić information content (AvgIpc) is 1.50. The van der Waals surface area contributed by atoms with Crippen LogP contribution in [0.5, 0.6) is 0 Å². The molecule has 0 aliphatic heterocycles. The Morgan fingerprint density at radius 1 is 0.750 bits per heavy atom. The summed E-state index contributed by atoms with van der Waals surface area (Å²) in [4.78, 5) is 0. The summed E-state index contributed by atoms with van der Waals surface area (Å²) < 4.78 is 16.6. The Hall–Kier alpha value is 2.07. The third kappa shape index (κ3) is 94.4. The summed E-state index contributed by atoms with van der Waals surface area (Å²) in [6.07, 6.45) is 0. The Bertz CT molecular complexity index is 10.0. The first-order valence-corrected chi connectivity index (χ1v) is 2.45. The fourth-order valence-corrected chi connectivity index (χ4v) is 0. The van der Waals surface area contributed by atoms with Gasteiger partial charge in [0.1, 0.15) is 0 Å². The van der Waals surface area contributed by atoms with Crippen LogP contribution in [-0.4, -0.2) is 87.6 Å². The summed E-state index contributed by atoms with van der Waals surface area (Å²) in [6, 6.07) is 0. The first-order chi connectivity index (χ1) is 2.00. The molecule has 0 saturated carbocycles. The summed E-state index contributed by atoms with van der Waals surface area (Å²) in [5, 5.41) is 0. The third-order valence-electron chi connectivity index (χ3n) is 0. The van der Waals surface area contributed by atoms with E-state index in [0.717, 1.165) is 0 Å². The molecular weight excluding hydrogens is 343 g/mol. The van der Waals surface area contributed by atoms with Crippen molar-refractivity contribution in [2.45, 2.75) is 0 Å². The average molecular weight is 349 g/mol. The Morgan fingerprint density at radius 2 is 0.750 bits per heavy atom. The summed E-state index contributed by atoms with van der Waals surface area (Å²) in [5.41, 5.74) is 0. The molecule has 0 unspecified atom stereocenters. The van der Waals surface area contributed by atoms with Gasteiger partial charge in [-0.1, -0.05) is 0 Å². The van der Waals surface area contributed by atoms with Crippen molar-refractivity contribution in [3.8, 4) is 0 Å². The van der Waals surface area contributed by atoms with Gasteiger partial charge in [0.05, 0.1) is 0 Å². The van der Waals surface area contributed by atoms with Crippen molar-refractivity contribution in [2.24, 2.45) is 0 Å². The van der Waals surface area contributed by atoms with Crippen molar-refractivity contribution in [1.82, 2.24) is 0 Å². The minimum absolute atomic E-state index is 0. The van der Waals surface area contributed by atoms with Gasteiger partial charge in [0.2, 0.25) is 0 Å². The monoisotopic (exact) mass is 346 g/mol. The molecule has 6 radical (unpaired) electrons. The molecule has 0 bridgehead atoms. The normalized spacial score (nSPS) is 0.750. The van der Waals surface area contributed by atoms with Crippen LogP contribution in [0.1, 0.15) is 0 Å². The molecule has 0 saturated heterocycles. The molecule has 0 rings (SSSR count). The topological polar surface area (TPSA) is 97.1 Å². The van der Waals surface area contributed by atoms with Crippen LogP contribution in [0.4, 0.5) is 0 Å². The summed E-state index contributed by atoms with van der Waals surface area (Å²) in [7, 11) is 0. The van der Waals surface area contributed by atoms with Gasteiger partial charge in [0.15, 0.2) is 0 Å². The van der Waals surface area contributed by atoms with Gasteiger partial charge >= 0.3 is 64.0 Å². The fraction of sp³-hybridized carbons (Fsp3) is 0. The summed E-state index contributed by atoms with van der Waals surface area (Å²) in [5.74, 6) is 0. The predicted octanol–water partition coefficient (Wildman–Crippen LogP) is -3.95. The number of hydrogen-bond acceptors (Lipinski definition) is 2. The summed E-state index contributed by atoms with van der Waals surface area (Å²) in [6.45, 7) is 0. The maximum atomic E-state index is 8.31. The van der Waals surface area contributed by atoms with E-state index in [4.69, 9.17) is 7.08 Å². The first kappa shape index (κ1) is 50.0. The fourth-order valence-electron chi connectivity index (χ4n) is 0. The second kappa shape index (κ2) is 138. The zero-order chi connectivity index (χ0) is 4.00. The second-order valence-electron chi connectivity index (χ2n) is 0.